The van der Waals surface area contributed by atoms with Crippen LogP contribution in [-0.4, -0.2) is 45.3 Å². The molecule has 0 bridgehead atoms. The van der Waals surface area contributed by atoms with E-state index in [0.717, 1.165) is 0 Å². The molecule has 0 saturated carbocycles. The van der Waals surface area contributed by atoms with E-state index in [9.17, 15) is 14.7 Å². The number of aromatic carboxylic acids is 1. The normalized spacial score (nSPS) is 10.3. The summed E-state index contributed by atoms with van der Waals surface area (Å²) in [7, 11) is 5.65. The van der Waals surface area contributed by atoms with E-state index < -0.39 is 11.8 Å². The van der Waals surface area contributed by atoms with Gasteiger partial charge in [0.2, 0.25) is 11.5 Å². The van der Waals surface area contributed by atoms with E-state index in [2.05, 4.69) is 15.9 Å². The number of ether oxygens (including phenoxy) is 4. The molecule has 0 amide bonds. The lowest BCUT2D eigenvalue weighted by atomic mass is 9.93. The predicted octanol–water partition coefficient (Wildman–Crippen LogP) is 3.72. The van der Waals surface area contributed by atoms with Crippen molar-refractivity contribution in [2.24, 2.45) is 0 Å². The third-order valence-electron chi connectivity index (χ3n) is 4.03. The molecule has 0 spiro atoms. The second kappa shape index (κ2) is 8.30. The summed E-state index contributed by atoms with van der Waals surface area (Å²) in [5.74, 6) is -0.917. The molecule has 27 heavy (non-hydrogen) atoms. The standard InChI is InChI=1S/C19H19BrO7/c1-9-8-12(25-3)17(26-4)18(27-5)13(9)16(21)15-11(24-2)7-6-10(20)14(15)19(22)23/h6-8H,1-5H3,(H,22,23). The topological polar surface area (TPSA) is 91.3 Å². The fourth-order valence-corrected chi connectivity index (χ4v) is 3.35. The number of hydrogen-bond acceptors (Lipinski definition) is 6. The Bertz CT molecular complexity index is 906. The molecule has 2 rings (SSSR count). The quantitative estimate of drug-likeness (QED) is 0.658. The molecule has 0 aliphatic rings. The lowest BCUT2D eigenvalue weighted by Crippen LogP contribution is -2.15. The zero-order valence-corrected chi connectivity index (χ0v) is 17.1. The van der Waals surface area contributed by atoms with Gasteiger partial charge in [-0.3, -0.25) is 4.79 Å². The first-order chi connectivity index (χ1) is 12.8. The number of carboxylic acids is 1. The Balaban J connectivity index is 2.88. The van der Waals surface area contributed by atoms with Crippen LogP contribution in [0.4, 0.5) is 0 Å². The van der Waals surface area contributed by atoms with Crippen LogP contribution in [0, 0.1) is 6.92 Å². The highest BCUT2D eigenvalue weighted by Crippen LogP contribution is 2.44. The van der Waals surface area contributed by atoms with Crippen LogP contribution >= 0.6 is 15.9 Å². The third kappa shape index (κ3) is 3.57. The van der Waals surface area contributed by atoms with Crippen molar-refractivity contribution < 1.29 is 33.6 Å². The SMILES string of the molecule is COc1cc(C)c(C(=O)c2c(OC)ccc(Br)c2C(=O)O)c(OC)c1OC. The molecule has 7 nitrogen and oxygen atoms in total. The molecule has 2 aromatic carbocycles. The van der Waals surface area contributed by atoms with Crippen molar-refractivity contribution in [2.75, 3.05) is 28.4 Å². The summed E-state index contributed by atoms with van der Waals surface area (Å²) in [6.45, 7) is 1.70. The third-order valence-corrected chi connectivity index (χ3v) is 4.69. The Morgan fingerprint density at radius 2 is 1.44 bits per heavy atom. The van der Waals surface area contributed by atoms with Gasteiger partial charge in [0.15, 0.2) is 11.5 Å². The van der Waals surface area contributed by atoms with Gasteiger partial charge in [0, 0.05) is 4.47 Å². The van der Waals surface area contributed by atoms with Crippen molar-refractivity contribution >= 4 is 27.7 Å². The molecule has 0 aliphatic heterocycles. The molecule has 0 fully saturated rings. The van der Waals surface area contributed by atoms with E-state index in [1.54, 1.807) is 13.0 Å². The maximum atomic E-state index is 13.4. The number of carboxylic acid groups (broad SMARTS) is 1. The van der Waals surface area contributed by atoms with E-state index in [-0.39, 0.29) is 38.4 Å². The largest absolute Gasteiger partial charge is 0.496 e. The van der Waals surface area contributed by atoms with Crippen molar-refractivity contribution in [3.8, 4) is 23.0 Å². The number of rotatable bonds is 7. The molecule has 0 atom stereocenters. The lowest BCUT2D eigenvalue weighted by Gasteiger charge is -2.19. The van der Waals surface area contributed by atoms with E-state index >= 15 is 0 Å². The van der Waals surface area contributed by atoms with Crippen molar-refractivity contribution in [3.05, 3.63) is 44.9 Å². The zero-order chi connectivity index (χ0) is 20.3. The first-order valence-electron chi connectivity index (χ1n) is 7.76. The van der Waals surface area contributed by atoms with Gasteiger partial charge >= 0.3 is 5.97 Å². The maximum absolute atomic E-state index is 13.4. The molecule has 2 aromatic rings. The molecule has 8 heteroatoms. The van der Waals surface area contributed by atoms with Gasteiger partial charge in [0.25, 0.3) is 0 Å². The van der Waals surface area contributed by atoms with Crippen LogP contribution in [0.1, 0.15) is 31.8 Å². The molecular weight excluding hydrogens is 420 g/mol. The molecular formula is C19H19BrO7. The van der Waals surface area contributed by atoms with E-state index in [4.69, 9.17) is 18.9 Å². The summed E-state index contributed by atoms with van der Waals surface area (Å²) in [5.41, 5.74) is 0.408. The van der Waals surface area contributed by atoms with Gasteiger partial charge in [0.05, 0.1) is 45.1 Å². The summed E-state index contributed by atoms with van der Waals surface area (Å²) in [5, 5.41) is 9.63. The number of halogens is 1. The van der Waals surface area contributed by atoms with Gasteiger partial charge in [-0.1, -0.05) is 0 Å². The van der Waals surface area contributed by atoms with Gasteiger partial charge in [-0.15, -0.1) is 0 Å². The van der Waals surface area contributed by atoms with Crippen molar-refractivity contribution in [3.63, 3.8) is 0 Å². The number of benzene rings is 2. The van der Waals surface area contributed by atoms with Gasteiger partial charge < -0.3 is 24.1 Å². The molecule has 0 radical (unpaired) electrons. The minimum atomic E-state index is -1.26. The highest BCUT2D eigenvalue weighted by molar-refractivity contribution is 9.10. The predicted molar refractivity (Wildman–Crippen MR) is 102 cm³/mol. The maximum Gasteiger partial charge on any atom is 0.337 e. The second-order valence-electron chi connectivity index (χ2n) is 5.47. The molecule has 0 unspecified atom stereocenters. The Kier molecular flexibility index (Phi) is 6.32. The Hall–Kier alpha value is -2.74. The smallest absolute Gasteiger partial charge is 0.337 e. The average Bonchev–Trinajstić information content (AvgIpc) is 2.65. The van der Waals surface area contributed by atoms with Gasteiger partial charge in [-0.25, -0.2) is 4.79 Å². The highest BCUT2D eigenvalue weighted by atomic mass is 79.9. The first-order valence-corrected chi connectivity index (χ1v) is 8.55. The average molecular weight is 439 g/mol. The summed E-state index contributed by atoms with van der Waals surface area (Å²) >= 11 is 3.19. The van der Waals surface area contributed by atoms with Crippen molar-refractivity contribution in [2.45, 2.75) is 6.92 Å². The summed E-state index contributed by atoms with van der Waals surface area (Å²) in [4.78, 5) is 25.2. The summed E-state index contributed by atoms with van der Waals surface area (Å²) < 4.78 is 21.5. The number of ketones is 1. The summed E-state index contributed by atoms with van der Waals surface area (Å²) in [6, 6.07) is 4.66. The second-order valence-corrected chi connectivity index (χ2v) is 6.33. The van der Waals surface area contributed by atoms with E-state index in [1.807, 2.05) is 0 Å². The van der Waals surface area contributed by atoms with Crippen LogP contribution in [0.5, 0.6) is 23.0 Å². The number of aryl methyl sites for hydroxylation is 1. The molecule has 0 heterocycles. The highest BCUT2D eigenvalue weighted by Gasteiger charge is 2.31. The Morgan fingerprint density at radius 3 is 1.93 bits per heavy atom. The van der Waals surface area contributed by atoms with Crippen molar-refractivity contribution in [1.82, 2.24) is 0 Å². The van der Waals surface area contributed by atoms with Crippen LogP contribution in [-0.2, 0) is 0 Å². The van der Waals surface area contributed by atoms with Crippen LogP contribution < -0.4 is 18.9 Å². The fraction of sp³-hybridized carbons (Fsp3) is 0.263. The molecule has 0 aliphatic carbocycles. The fourth-order valence-electron chi connectivity index (χ4n) is 2.85. The van der Waals surface area contributed by atoms with Crippen LogP contribution in [0.25, 0.3) is 0 Å². The first kappa shape index (κ1) is 20.6. The van der Waals surface area contributed by atoms with Gasteiger partial charge in [0.1, 0.15) is 5.75 Å². The Labute approximate surface area is 164 Å². The monoisotopic (exact) mass is 438 g/mol. The summed E-state index contributed by atoms with van der Waals surface area (Å²) in [6.07, 6.45) is 0. The van der Waals surface area contributed by atoms with Crippen LogP contribution in [0.15, 0.2) is 22.7 Å². The Morgan fingerprint density at radius 1 is 0.852 bits per heavy atom. The molecule has 0 saturated heterocycles. The molecule has 0 aromatic heterocycles. The van der Waals surface area contributed by atoms with Gasteiger partial charge in [-0.2, -0.15) is 0 Å². The number of methoxy groups -OCH3 is 4. The van der Waals surface area contributed by atoms with Gasteiger partial charge in [-0.05, 0) is 46.6 Å². The van der Waals surface area contributed by atoms with E-state index in [1.165, 1.54) is 40.6 Å². The zero-order valence-electron chi connectivity index (χ0n) is 15.5. The van der Waals surface area contributed by atoms with Crippen molar-refractivity contribution in [1.29, 1.82) is 0 Å². The molecule has 1 N–H and O–H groups in total. The number of hydrogen-bond donors (Lipinski definition) is 1. The number of carbonyl (C=O) groups is 2. The number of carbonyl (C=O) groups excluding carboxylic acids is 1. The minimum Gasteiger partial charge on any atom is -0.496 e. The lowest BCUT2D eigenvalue weighted by molar-refractivity contribution is 0.0691. The van der Waals surface area contributed by atoms with E-state index in [0.29, 0.717) is 11.3 Å². The van der Waals surface area contributed by atoms with Crippen LogP contribution in [0.3, 0.4) is 0 Å². The van der Waals surface area contributed by atoms with Crippen LogP contribution in [0.2, 0.25) is 0 Å². The molecule has 144 valence electrons. The minimum absolute atomic E-state index is 0.0898.